The molecule has 1 aromatic carbocycles. The van der Waals surface area contributed by atoms with Gasteiger partial charge in [-0.3, -0.25) is 4.31 Å². The lowest BCUT2D eigenvalue weighted by atomic mass is 9.96. The molecule has 3 heterocycles. The molecule has 190 valence electrons. The van der Waals surface area contributed by atoms with Gasteiger partial charge in [0.1, 0.15) is 5.67 Å². The number of hydrogen-bond acceptors (Lipinski definition) is 5. The molecule has 3 fully saturated rings. The summed E-state index contributed by atoms with van der Waals surface area (Å²) in [5.74, 6) is 3.82. The van der Waals surface area contributed by atoms with Crippen molar-refractivity contribution in [2.75, 3.05) is 53.4 Å². The number of halogens is 1. The van der Waals surface area contributed by atoms with Crippen LogP contribution in [-0.2, 0) is 12.2 Å². The fraction of sp³-hybridized carbons (Fsp3) is 0.643. The van der Waals surface area contributed by atoms with E-state index in [-0.39, 0.29) is 0 Å². The van der Waals surface area contributed by atoms with E-state index in [1.807, 2.05) is 38.4 Å². The number of likely N-dealkylation sites (tertiary alicyclic amines) is 1. The number of benzene rings is 1. The second-order valence-electron chi connectivity index (χ2n) is 10.4. The fourth-order valence-corrected chi connectivity index (χ4v) is 4.61. The van der Waals surface area contributed by atoms with E-state index in [0.717, 1.165) is 38.3 Å². The number of piperidine rings is 1. The summed E-state index contributed by atoms with van der Waals surface area (Å²) in [7, 11) is 4.04. The molecule has 1 aromatic rings. The van der Waals surface area contributed by atoms with Gasteiger partial charge in [0.15, 0.2) is 0 Å². The summed E-state index contributed by atoms with van der Waals surface area (Å²) in [5.41, 5.74) is 2.07. The Morgan fingerprint density at radius 3 is 2.21 bits per heavy atom. The Morgan fingerprint density at radius 2 is 1.79 bits per heavy atom. The summed E-state index contributed by atoms with van der Waals surface area (Å²) in [5, 5.41) is 3.07. The van der Waals surface area contributed by atoms with Crippen LogP contribution in [0.25, 0.3) is 0 Å². The highest BCUT2D eigenvalue weighted by Crippen LogP contribution is 2.28. The minimum Gasteiger partial charge on any atom is -0.375 e. The Kier molecular flexibility index (Phi) is 11.9. The van der Waals surface area contributed by atoms with E-state index in [4.69, 9.17) is 6.42 Å². The van der Waals surface area contributed by atoms with Gasteiger partial charge >= 0.3 is 0 Å². The van der Waals surface area contributed by atoms with Gasteiger partial charge in [-0.25, -0.2) is 4.39 Å². The third-order valence-electron chi connectivity index (χ3n) is 6.54. The van der Waals surface area contributed by atoms with Crippen LogP contribution in [0.4, 0.5) is 4.39 Å². The third-order valence-corrected chi connectivity index (χ3v) is 6.90. The predicted octanol–water partition coefficient (Wildman–Crippen LogP) is 4.94. The van der Waals surface area contributed by atoms with Crippen molar-refractivity contribution in [2.24, 2.45) is 11.8 Å². The molecule has 1 unspecified atom stereocenters. The highest BCUT2D eigenvalue weighted by atomic mass is 32.1. The molecule has 34 heavy (non-hydrogen) atoms. The molecule has 0 aliphatic carbocycles. The highest BCUT2D eigenvalue weighted by Gasteiger charge is 2.25. The zero-order valence-electron chi connectivity index (χ0n) is 21.7. The number of alkyl halides is 1. The third kappa shape index (κ3) is 10.00. The number of hydrogen-bond donors (Lipinski definition) is 2. The average Bonchev–Trinajstić information content (AvgIpc) is 3.28. The highest BCUT2D eigenvalue weighted by molar-refractivity contribution is 7.77. The first-order chi connectivity index (χ1) is 16.1. The Labute approximate surface area is 213 Å². The summed E-state index contributed by atoms with van der Waals surface area (Å²) >= 11 is 4.43. The monoisotopic (exact) mass is 488 g/mol. The van der Waals surface area contributed by atoms with Gasteiger partial charge in [0.2, 0.25) is 0 Å². The summed E-state index contributed by atoms with van der Waals surface area (Å²) in [4.78, 5) is 4.56. The number of rotatable bonds is 5. The van der Waals surface area contributed by atoms with E-state index >= 15 is 0 Å². The van der Waals surface area contributed by atoms with Gasteiger partial charge in [-0.15, -0.1) is 12.3 Å². The molecular formula is C28H45FN4S. The summed E-state index contributed by atoms with van der Waals surface area (Å²) in [6.07, 6.45) is 10.3. The van der Waals surface area contributed by atoms with Crippen LogP contribution in [0.2, 0.25) is 0 Å². The van der Waals surface area contributed by atoms with Crippen LogP contribution in [0, 0.1) is 24.2 Å². The summed E-state index contributed by atoms with van der Waals surface area (Å²) in [6.45, 7) is 15.0. The maximum absolute atomic E-state index is 13.5. The molecule has 0 saturated carbocycles. The van der Waals surface area contributed by atoms with Crippen molar-refractivity contribution in [3.05, 3.63) is 47.7 Å². The molecule has 3 aliphatic heterocycles. The first kappa shape index (κ1) is 28.7. The quantitative estimate of drug-likeness (QED) is 0.452. The first-order valence-electron chi connectivity index (χ1n) is 12.6. The topological polar surface area (TPSA) is 21.8 Å². The van der Waals surface area contributed by atoms with Crippen LogP contribution in [0.5, 0.6) is 0 Å². The predicted molar refractivity (Wildman–Crippen MR) is 146 cm³/mol. The number of nitrogens with zero attached hydrogens (tertiary/aromatic N) is 3. The zero-order valence-corrected chi connectivity index (χ0v) is 22.6. The van der Waals surface area contributed by atoms with Crippen LogP contribution < -0.4 is 5.32 Å². The van der Waals surface area contributed by atoms with Crippen LogP contribution in [-0.4, -0.2) is 67.5 Å². The molecule has 0 bridgehead atoms. The fourth-order valence-electron chi connectivity index (χ4n) is 4.27. The summed E-state index contributed by atoms with van der Waals surface area (Å²) < 4.78 is 15.6. The smallest absolute Gasteiger partial charge is 0.130 e. The molecule has 1 N–H and O–H groups in total. The molecule has 0 amide bonds. The van der Waals surface area contributed by atoms with Crippen molar-refractivity contribution >= 4 is 12.8 Å². The van der Waals surface area contributed by atoms with Gasteiger partial charge in [0.05, 0.1) is 0 Å². The van der Waals surface area contributed by atoms with Crippen molar-refractivity contribution in [3.63, 3.8) is 0 Å². The van der Waals surface area contributed by atoms with Crippen LogP contribution in [0.1, 0.15) is 50.7 Å². The largest absolute Gasteiger partial charge is 0.375 e. The van der Waals surface area contributed by atoms with Crippen molar-refractivity contribution in [3.8, 4) is 12.3 Å². The first-order valence-corrected chi connectivity index (χ1v) is 13.0. The Balaban J connectivity index is 0.000000194. The van der Waals surface area contributed by atoms with Crippen molar-refractivity contribution in [1.82, 2.24) is 19.4 Å². The zero-order chi connectivity index (χ0) is 25.1. The Morgan fingerprint density at radius 1 is 1.18 bits per heavy atom. The molecule has 3 aliphatic rings. The van der Waals surface area contributed by atoms with Crippen molar-refractivity contribution < 1.29 is 4.39 Å². The van der Waals surface area contributed by atoms with Crippen LogP contribution in [0.15, 0.2) is 36.5 Å². The molecular weight excluding hydrogens is 443 g/mol. The average molecular weight is 489 g/mol. The van der Waals surface area contributed by atoms with E-state index in [1.54, 1.807) is 13.8 Å². The van der Waals surface area contributed by atoms with E-state index in [2.05, 4.69) is 44.7 Å². The molecule has 0 radical (unpaired) electrons. The van der Waals surface area contributed by atoms with E-state index in [1.165, 1.54) is 50.0 Å². The maximum Gasteiger partial charge on any atom is 0.130 e. The van der Waals surface area contributed by atoms with Gasteiger partial charge in [0.25, 0.3) is 0 Å². The molecule has 0 spiro atoms. The normalized spacial score (nSPS) is 21.0. The van der Waals surface area contributed by atoms with Crippen LogP contribution in [0.3, 0.4) is 0 Å². The Hall–Kier alpha value is -1.52. The van der Waals surface area contributed by atoms with Gasteiger partial charge in [-0.1, -0.05) is 43.7 Å². The van der Waals surface area contributed by atoms with Gasteiger partial charge in [0, 0.05) is 63.3 Å². The number of terminal acetylenes is 1. The lowest BCUT2D eigenvalue weighted by Gasteiger charge is -2.34. The van der Waals surface area contributed by atoms with Crippen molar-refractivity contribution in [2.45, 2.75) is 51.7 Å². The van der Waals surface area contributed by atoms with E-state index in [0.29, 0.717) is 11.8 Å². The lowest BCUT2D eigenvalue weighted by Crippen LogP contribution is -2.40. The summed E-state index contributed by atoms with van der Waals surface area (Å²) in [6, 6.07) is 7.69. The second-order valence-corrected chi connectivity index (χ2v) is 10.9. The Bertz CT molecular complexity index is 771. The minimum atomic E-state index is -1.24. The van der Waals surface area contributed by atoms with Gasteiger partial charge in [-0.2, -0.15) is 0 Å². The molecule has 6 heteroatoms. The minimum absolute atomic E-state index is 0.532. The molecule has 0 aromatic heterocycles. The lowest BCUT2D eigenvalue weighted by molar-refractivity contribution is 0.221. The van der Waals surface area contributed by atoms with E-state index in [9.17, 15) is 4.39 Å². The maximum atomic E-state index is 13.5. The van der Waals surface area contributed by atoms with Gasteiger partial charge in [-0.05, 0) is 64.8 Å². The molecule has 4 nitrogen and oxygen atoms in total. The van der Waals surface area contributed by atoms with E-state index < -0.39 is 5.67 Å². The second kappa shape index (κ2) is 14.1. The number of thiol groups is 1. The molecule has 4 rings (SSSR count). The standard InChI is InChI=1S/C12H18FN.C11H20N2S.C5H7N/c1-12(2,13)11-7-5-10(6-8-11)9-14(3)4;1-10(12-6-2-3-7-12)11-5-4-8-13(14)9-11;1-2-5-3-6-4-5/h5-8H,9H2,1-4H3;11,14H,1-9H2;1,5-6H,3-4H2. The SMILES string of the molecule is C#CC1CNC1.C=C(C1CCCN(S)C1)N1CCCC1.CN(C)Cc1ccc(C(C)(C)F)cc1. The number of nitrogens with one attached hydrogen (secondary N) is 1. The molecule has 3 saturated heterocycles. The van der Waals surface area contributed by atoms with Crippen molar-refractivity contribution in [1.29, 1.82) is 0 Å². The molecule has 1 atom stereocenters. The van der Waals surface area contributed by atoms with Gasteiger partial charge < -0.3 is 15.1 Å². The van der Waals surface area contributed by atoms with Crippen LogP contribution >= 0.6 is 12.8 Å².